The molecular formula is C8H12O2. The van der Waals surface area contributed by atoms with Crippen LogP contribution in [0.15, 0.2) is 0 Å². The van der Waals surface area contributed by atoms with E-state index in [2.05, 4.69) is 0 Å². The quantitative estimate of drug-likeness (QED) is 0.579. The van der Waals surface area contributed by atoms with E-state index < -0.39 is 6.10 Å². The number of hydrogen-bond donors (Lipinski definition) is 1. The SMILES string of the molecule is CC(O)C1C(=O)CC2CC21. The Kier molecular flexibility index (Phi) is 1.15. The lowest BCUT2D eigenvalue weighted by atomic mass is 9.97. The summed E-state index contributed by atoms with van der Waals surface area (Å²) in [5, 5.41) is 9.20. The molecule has 0 radical (unpaired) electrons. The minimum absolute atomic E-state index is 0.00926. The Morgan fingerprint density at radius 3 is 2.70 bits per heavy atom. The molecule has 2 heteroatoms. The van der Waals surface area contributed by atoms with E-state index in [0.717, 1.165) is 6.42 Å². The van der Waals surface area contributed by atoms with Crippen molar-refractivity contribution >= 4 is 5.78 Å². The van der Waals surface area contributed by atoms with Crippen LogP contribution in [-0.4, -0.2) is 17.0 Å². The maximum absolute atomic E-state index is 11.1. The van der Waals surface area contributed by atoms with Crippen molar-refractivity contribution in [3.63, 3.8) is 0 Å². The van der Waals surface area contributed by atoms with Crippen molar-refractivity contribution in [1.82, 2.24) is 0 Å². The molecule has 2 fully saturated rings. The van der Waals surface area contributed by atoms with Crippen LogP contribution < -0.4 is 0 Å². The molecule has 2 rings (SSSR count). The van der Waals surface area contributed by atoms with Gasteiger partial charge in [-0.15, -0.1) is 0 Å². The normalized spacial score (nSPS) is 47.0. The summed E-state index contributed by atoms with van der Waals surface area (Å²) >= 11 is 0. The number of aliphatic hydroxyl groups is 1. The van der Waals surface area contributed by atoms with E-state index in [9.17, 15) is 9.90 Å². The highest BCUT2D eigenvalue weighted by Gasteiger charge is 2.54. The molecule has 56 valence electrons. The average Bonchev–Trinajstić information content (AvgIpc) is 2.42. The van der Waals surface area contributed by atoms with Gasteiger partial charge in [-0.1, -0.05) is 0 Å². The van der Waals surface area contributed by atoms with Gasteiger partial charge in [-0.3, -0.25) is 4.79 Å². The molecule has 0 aromatic carbocycles. The second-order valence-electron chi connectivity index (χ2n) is 3.60. The number of carbonyl (C=O) groups is 1. The summed E-state index contributed by atoms with van der Waals surface area (Å²) in [4.78, 5) is 11.1. The van der Waals surface area contributed by atoms with Crippen molar-refractivity contribution in [2.45, 2.75) is 25.9 Å². The fourth-order valence-corrected chi connectivity index (χ4v) is 2.21. The molecule has 0 amide bonds. The lowest BCUT2D eigenvalue weighted by molar-refractivity contribution is -0.124. The largest absolute Gasteiger partial charge is 0.393 e. The molecule has 0 heterocycles. The molecule has 0 bridgehead atoms. The highest BCUT2D eigenvalue weighted by molar-refractivity contribution is 5.85. The van der Waals surface area contributed by atoms with Crippen LogP contribution in [-0.2, 0) is 4.79 Å². The fourth-order valence-electron chi connectivity index (χ4n) is 2.21. The van der Waals surface area contributed by atoms with Crippen molar-refractivity contribution in [2.75, 3.05) is 0 Å². The molecule has 0 aromatic rings. The summed E-state index contributed by atoms with van der Waals surface area (Å²) in [6.07, 6.45) is 1.51. The average molecular weight is 140 g/mol. The van der Waals surface area contributed by atoms with Crippen LogP contribution in [0, 0.1) is 17.8 Å². The summed E-state index contributed by atoms with van der Waals surface area (Å²) in [7, 11) is 0. The molecule has 2 saturated carbocycles. The van der Waals surface area contributed by atoms with Crippen LogP contribution in [0.25, 0.3) is 0 Å². The molecule has 2 nitrogen and oxygen atoms in total. The number of Topliss-reactive ketones (excluding diaryl/α,β-unsaturated/α-hetero) is 1. The van der Waals surface area contributed by atoms with Crippen LogP contribution in [0.2, 0.25) is 0 Å². The predicted octanol–water partition coefficient (Wildman–Crippen LogP) is 0.592. The number of fused-ring (bicyclic) bond motifs is 1. The minimum Gasteiger partial charge on any atom is -0.393 e. The zero-order valence-electron chi connectivity index (χ0n) is 6.08. The Balaban J connectivity index is 2.12. The number of ketones is 1. The Morgan fingerprint density at radius 1 is 1.70 bits per heavy atom. The first-order valence-corrected chi connectivity index (χ1v) is 3.91. The summed E-state index contributed by atoms with van der Waals surface area (Å²) in [5.74, 6) is 1.47. The maximum Gasteiger partial charge on any atom is 0.139 e. The summed E-state index contributed by atoms with van der Waals surface area (Å²) < 4.78 is 0. The second-order valence-corrected chi connectivity index (χ2v) is 3.60. The minimum atomic E-state index is -0.412. The van der Waals surface area contributed by atoms with E-state index in [1.807, 2.05) is 0 Å². The van der Waals surface area contributed by atoms with Crippen molar-refractivity contribution in [1.29, 1.82) is 0 Å². The molecule has 2 aliphatic rings. The van der Waals surface area contributed by atoms with Crippen molar-refractivity contribution in [3.8, 4) is 0 Å². The molecule has 0 saturated heterocycles. The lowest BCUT2D eigenvalue weighted by Gasteiger charge is -2.12. The number of carbonyl (C=O) groups excluding carboxylic acids is 1. The van der Waals surface area contributed by atoms with Crippen LogP contribution in [0.4, 0.5) is 0 Å². The molecule has 2 aliphatic carbocycles. The monoisotopic (exact) mass is 140 g/mol. The topological polar surface area (TPSA) is 37.3 Å². The van der Waals surface area contributed by atoms with Crippen LogP contribution in [0.1, 0.15) is 19.8 Å². The zero-order chi connectivity index (χ0) is 7.30. The molecule has 4 atom stereocenters. The first-order chi connectivity index (χ1) is 4.70. The van der Waals surface area contributed by atoms with Gasteiger partial charge >= 0.3 is 0 Å². The van der Waals surface area contributed by atoms with Gasteiger partial charge in [-0.05, 0) is 25.2 Å². The molecule has 0 aliphatic heterocycles. The molecule has 4 unspecified atom stereocenters. The van der Waals surface area contributed by atoms with Crippen molar-refractivity contribution < 1.29 is 9.90 Å². The summed E-state index contributed by atoms with van der Waals surface area (Å²) in [6.45, 7) is 1.73. The molecule has 0 spiro atoms. The van der Waals surface area contributed by atoms with Gasteiger partial charge in [0.2, 0.25) is 0 Å². The molecule has 10 heavy (non-hydrogen) atoms. The van der Waals surface area contributed by atoms with E-state index >= 15 is 0 Å². The van der Waals surface area contributed by atoms with Gasteiger partial charge in [-0.2, -0.15) is 0 Å². The molecule has 0 aromatic heterocycles. The number of aliphatic hydroxyl groups excluding tert-OH is 1. The fraction of sp³-hybridized carbons (Fsp3) is 0.875. The maximum atomic E-state index is 11.1. The first kappa shape index (κ1) is 6.35. The van der Waals surface area contributed by atoms with Crippen LogP contribution >= 0.6 is 0 Å². The van der Waals surface area contributed by atoms with Gasteiger partial charge in [0.1, 0.15) is 5.78 Å². The van der Waals surface area contributed by atoms with Crippen molar-refractivity contribution in [3.05, 3.63) is 0 Å². The van der Waals surface area contributed by atoms with Gasteiger partial charge in [0.15, 0.2) is 0 Å². The van der Waals surface area contributed by atoms with Gasteiger partial charge in [0.25, 0.3) is 0 Å². The van der Waals surface area contributed by atoms with E-state index in [4.69, 9.17) is 0 Å². The van der Waals surface area contributed by atoms with Gasteiger partial charge < -0.3 is 5.11 Å². The third-order valence-corrected chi connectivity index (χ3v) is 2.79. The standard InChI is InChI=1S/C8H12O2/c1-4(9)8-6-2-5(6)3-7(8)10/h4-6,8-9H,2-3H2,1H3. The van der Waals surface area contributed by atoms with E-state index in [-0.39, 0.29) is 11.7 Å². The van der Waals surface area contributed by atoms with E-state index in [1.165, 1.54) is 6.42 Å². The predicted molar refractivity (Wildman–Crippen MR) is 36.4 cm³/mol. The second kappa shape index (κ2) is 1.82. The Morgan fingerprint density at radius 2 is 2.40 bits per heavy atom. The Bertz CT molecular complexity index is 174. The number of rotatable bonds is 1. The third-order valence-electron chi connectivity index (χ3n) is 2.79. The van der Waals surface area contributed by atoms with Crippen molar-refractivity contribution in [2.24, 2.45) is 17.8 Å². The van der Waals surface area contributed by atoms with Crippen LogP contribution in [0.3, 0.4) is 0 Å². The highest BCUT2D eigenvalue weighted by Crippen LogP contribution is 2.54. The molecular weight excluding hydrogens is 128 g/mol. The molecule has 1 N–H and O–H groups in total. The number of hydrogen-bond acceptors (Lipinski definition) is 2. The third kappa shape index (κ3) is 0.717. The summed E-state index contributed by atoms with van der Waals surface area (Å²) in [6, 6.07) is 0. The Hall–Kier alpha value is -0.370. The lowest BCUT2D eigenvalue weighted by Crippen LogP contribution is -2.23. The first-order valence-electron chi connectivity index (χ1n) is 3.91. The van der Waals surface area contributed by atoms with Gasteiger partial charge in [0.05, 0.1) is 6.10 Å². The Labute approximate surface area is 60.2 Å². The summed E-state index contributed by atoms with van der Waals surface area (Å²) in [5.41, 5.74) is 0. The van der Waals surface area contributed by atoms with E-state index in [0.29, 0.717) is 11.8 Å². The van der Waals surface area contributed by atoms with E-state index in [1.54, 1.807) is 6.92 Å². The zero-order valence-corrected chi connectivity index (χ0v) is 6.08. The smallest absolute Gasteiger partial charge is 0.139 e. The van der Waals surface area contributed by atoms with Crippen LogP contribution in [0.5, 0.6) is 0 Å². The highest BCUT2D eigenvalue weighted by atomic mass is 16.3. The van der Waals surface area contributed by atoms with Gasteiger partial charge in [0, 0.05) is 12.3 Å². The van der Waals surface area contributed by atoms with Gasteiger partial charge in [-0.25, -0.2) is 0 Å².